The third kappa shape index (κ3) is 3.08. The maximum atomic E-state index is 12.5. The summed E-state index contributed by atoms with van der Waals surface area (Å²) >= 11 is 0. The van der Waals surface area contributed by atoms with E-state index in [2.05, 4.69) is 9.82 Å². The molecule has 1 aromatic carbocycles. The van der Waals surface area contributed by atoms with Crippen LogP contribution < -0.4 is 10.5 Å². The second kappa shape index (κ2) is 5.50. The lowest BCUT2D eigenvalue weighted by molar-refractivity contribution is 0.580. The quantitative estimate of drug-likeness (QED) is 0.836. The summed E-state index contributed by atoms with van der Waals surface area (Å²) < 4.78 is 29.3. The van der Waals surface area contributed by atoms with Crippen LogP contribution in [0.1, 0.15) is 22.3 Å². The van der Waals surface area contributed by atoms with Crippen LogP contribution >= 0.6 is 0 Å². The number of nitrogens with zero attached hydrogens (tertiary/aromatic N) is 2. The van der Waals surface area contributed by atoms with Gasteiger partial charge in [0.1, 0.15) is 0 Å². The standard InChI is InChI=1S/C14H20N4O2S/c1-9-5-10(2)14(11(3)13(9)15)21(19,20)17-7-12-6-16-18(4)8-12/h5-6,8,17H,7,15H2,1-4H3. The molecule has 6 nitrogen and oxygen atoms in total. The predicted molar refractivity (Wildman–Crippen MR) is 82.3 cm³/mol. The lowest BCUT2D eigenvalue weighted by Crippen LogP contribution is -2.25. The highest BCUT2D eigenvalue weighted by Crippen LogP contribution is 2.27. The molecule has 0 unspecified atom stereocenters. The Kier molecular flexibility index (Phi) is 4.06. The van der Waals surface area contributed by atoms with Crippen molar-refractivity contribution in [3.63, 3.8) is 0 Å². The SMILES string of the molecule is Cc1cc(C)c(S(=O)(=O)NCc2cnn(C)c2)c(C)c1N. The first-order valence-corrected chi connectivity index (χ1v) is 8.04. The normalized spacial score (nSPS) is 11.8. The highest BCUT2D eigenvalue weighted by atomic mass is 32.2. The summed E-state index contributed by atoms with van der Waals surface area (Å²) in [5, 5.41) is 4.01. The first kappa shape index (κ1) is 15.5. The Morgan fingerprint density at radius 2 is 1.95 bits per heavy atom. The van der Waals surface area contributed by atoms with Gasteiger partial charge >= 0.3 is 0 Å². The molecule has 1 aromatic heterocycles. The van der Waals surface area contributed by atoms with Crippen LogP contribution in [0, 0.1) is 20.8 Å². The van der Waals surface area contributed by atoms with Crippen LogP contribution in [0.5, 0.6) is 0 Å². The number of rotatable bonds is 4. The second-order valence-corrected chi connectivity index (χ2v) is 6.93. The van der Waals surface area contributed by atoms with Gasteiger partial charge in [0.05, 0.1) is 11.1 Å². The molecule has 0 aliphatic rings. The zero-order valence-electron chi connectivity index (χ0n) is 12.6. The molecule has 2 aromatic rings. The van der Waals surface area contributed by atoms with E-state index in [1.807, 2.05) is 6.92 Å². The number of benzene rings is 1. The number of nitrogens with one attached hydrogen (secondary N) is 1. The molecular weight excluding hydrogens is 288 g/mol. The van der Waals surface area contributed by atoms with Crippen LogP contribution in [-0.4, -0.2) is 18.2 Å². The lowest BCUT2D eigenvalue weighted by atomic mass is 10.1. The van der Waals surface area contributed by atoms with Crippen LogP contribution in [0.25, 0.3) is 0 Å². The monoisotopic (exact) mass is 308 g/mol. The van der Waals surface area contributed by atoms with Crippen molar-refractivity contribution in [2.24, 2.45) is 7.05 Å². The first-order chi connectivity index (χ1) is 9.72. The molecule has 0 atom stereocenters. The van der Waals surface area contributed by atoms with Gasteiger partial charge in [0.2, 0.25) is 10.0 Å². The van der Waals surface area contributed by atoms with Crippen molar-refractivity contribution in [2.45, 2.75) is 32.2 Å². The average molecular weight is 308 g/mol. The number of sulfonamides is 1. The van der Waals surface area contributed by atoms with Crippen molar-refractivity contribution < 1.29 is 8.42 Å². The van der Waals surface area contributed by atoms with Gasteiger partial charge in [-0.25, -0.2) is 13.1 Å². The van der Waals surface area contributed by atoms with E-state index in [9.17, 15) is 8.42 Å². The van der Waals surface area contributed by atoms with E-state index in [1.165, 1.54) is 0 Å². The first-order valence-electron chi connectivity index (χ1n) is 6.56. The third-order valence-corrected chi connectivity index (χ3v) is 5.14. The smallest absolute Gasteiger partial charge is 0.241 e. The summed E-state index contributed by atoms with van der Waals surface area (Å²) in [6.07, 6.45) is 3.40. The van der Waals surface area contributed by atoms with Crippen LogP contribution in [0.2, 0.25) is 0 Å². The van der Waals surface area contributed by atoms with Crippen molar-refractivity contribution in [3.8, 4) is 0 Å². The molecule has 0 fully saturated rings. The maximum Gasteiger partial charge on any atom is 0.241 e. The van der Waals surface area contributed by atoms with Crippen molar-refractivity contribution >= 4 is 15.7 Å². The maximum absolute atomic E-state index is 12.5. The topological polar surface area (TPSA) is 90.0 Å². The molecular formula is C14H20N4O2S. The summed E-state index contributed by atoms with van der Waals surface area (Å²) in [6.45, 7) is 5.57. The van der Waals surface area contributed by atoms with Crippen molar-refractivity contribution in [1.82, 2.24) is 14.5 Å². The van der Waals surface area contributed by atoms with Crippen molar-refractivity contribution in [1.29, 1.82) is 0 Å². The van der Waals surface area contributed by atoms with Crippen LogP contribution in [0.4, 0.5) is 5.69 Å². The van der Waals surface area contributed by atoms with Crippen molar-refractivity contribution in [3.05, 3.63) is 40.7 Å². The molecule has 0 saturated heterocycles. The van der Waals surface area contributed by atoms with E-state index >= 15 is 0 Å². The van der Waals surface area contributed by atoms with Crippen molar-refractivity contribution in [2.75, 3.05) is 5.73 Å². The van der Waals surface area contributed by atoms with Gasteiger partial charge < -0.3 is 5.73 Å². The molecule has 2 rings (SSSR count). The molecule has 7 heteroatoms. The number of nitrogens with two attached hydrogens (primary N) is 1. The molecule has 0 saturated carbocycles. The molecule has 114 valence electrons. The highest BCUT2D eigenvalue weighted by Gasteiger charge is 2.21. The van der Waals surface area contributed by atoms with Gasteiger partial charge in [0.25, 0.3) is 0 Å². The largest absolute Gasteiger partial charge is 0.398 e. The molecule has 0 radical (unpaired) electrons. The number of hydrogen-bond donors (Lipinski definition) is 2. The van der Waals surface area contributed by atoms with Crippen LogP contribution in [0.15, 0.2) is 23.4 Å². The van der Waals surface area contributed by atoms with E-state index in [1.54, 1.807) is 44.0 Å². The van der Waals surface area contributed by atoms with E-state index in [-0.39, 0.29) is 11.4 Å². The molecule has 0 aliphatic carbocycles. The zero-order valence-corrected chi connectivity index (χ0v) is 13.5. The van der Waals surface area contributed by atoms with E-state index in [0.29, 0.717) is 16.8 Å². The fraction of sp³-hybridized carbons (Fsp3) is 0.357. The molecule has 0 spiro atoms. The molecule has 21 heavy (non-hydrogen) atoms. The lowest BCUT2D eigenvalue weighted by Gasteiger charge is -2.15. The van der Waals surface area contributed by atoms with Crippen LogP contribution in [0.3, 0.4) is 0 Å². The van der Waals surface area contributed by atoms with Gasteiger partial charge in [-0.2, -0.15) is 5.10 Å². The minimum atomic E-state index is -3.62. The summed E-state index contributed by atoms with van der Waals surface area (Å²) in [4.78, 5) is 0.259. The predicted octanol–water partition coefficient (Wildman–Crippen LogP) is 1.41. The van der Waals surface area contributed by atoms with Gasteiger partial charge in [0.15, 0.2) is 0 Å². The van der Waals surface area contributed by atoms with E-state index in [0.717, 1.165) is 11.1 Å². The summed E-state index contributed by atoms with van der Waals surface area (Å²) in [5.41, 5.74) is 9.44. The van der Waals surface area contributed by atoms with E-state index in [4.69, 9.17) is 5.73 Å². The number of aromatic nitrogens is 2. The zero-order chi connectivity index (χ0) is 15.8. The Morgan fingerprint density at radius 1 is 1.29 bits per heavy atom. The minimum absolute atomic E-state index is 0.197. The van der Waals surface area contributed by atoms with Gasteiger partial charge in [-0.3, -0.25) is 4.68 Å². The molecule has 0 amide bonds. The van der Waals surface area contributed by atoms with Gasteiger partial charge in [-0.1, -0.05) is 6.07 Å². The van der Waals surface area contributed by atoms with Crippen LogP contribution in [-0.2, 0) is 23.6 Å². The Labute approximate surface area is 125 Å². The number of anilines is 1. The Bertz CT molecular complexity index is 779. The number of aryl methyl sites for hydroxylation is 3. The van der Waals surface area contributed by atoms with E-state index < -0.39 is 10.0 Å². The average Bonchev–Trinajstić information content (AvgIpc) is 2.79. The molecule has 1 heterocycles. The van der Waals surface area contributed by atoms with Gasteiger partial charge in [0, 0.05) is 31.0 Å². The molecule has 0 aliphatic heterocycles. The highest BCUT2D eigenvalue weighted by molar-refractivity contribution is 7.89. The minimum Gasteiger partial charge on any atom is -0.398 e. The Balaban J connectivity index is 2.34. The third-order valence-electron chi connectivity index (χ3n) is 3.45. The second-order valence-electron chi connectivity index (χ2n) is 5.22. The fourth-order valence-corrected chi connectivity index (χ4v) is 3.91. The summed E-state index contributed by atoms with van der Waals surface area (Å²) in [6, 6.07) is 1.79. The number of hydrogen-bond acceptors (Lipinski definition) is 4. The summed E-state index contributed by atoms with van der Waals surface area (Å²) in [7, 11) is -1.83. The summed E-state index contributed by atoms with van der Waals surface area (Å²) in [5.74, 6) is 0. The van der Waals surface area contributed by atoms with Gasteiger partial charge in [-0.15, -0.1) is 0 Å². The fourth-order valence-electron chi connectivity index (χ4n) is 2.41. The van der Waals surface area contributed by atoms with Gasteiger partial charge in [-0.05, 0) is 37.5 Å². The molecule has 3 N–H and O–H groups in total. The Morgan fingerprint density at radius 3 is 2.52 bits per heavy atom. The number of nitrogen functional groups attached to an aromatic ring is 1. The molecule has 0 bridgehead atoms. The Hall–Kier alpha value is -1.86.